The molecule has 0 aliphatic rings. The predicted octanol–water partition coefficient (Wildman–Crippen LogP) is 3.50. The predicted molar refractivity (Wildman–Crippen MR) is 65.2 cm³/mol. The van der Waals surface area contributed by atoms with Crippen molar-refractivity contribution in [1.29, 1.82) is 0 Å². The molecule has 0 heterocycles. The van der Waals surface area contributed by atoms with E-state index in [-0.39, 0.29) is 0 Å². The van der Waals surface area contributed by atoms with Gasteiger partial charge in [0.2, 0.25) is 0 Å². The summed E-state index contributed by atoms with van der Waals surface area (Å²) in [7, 11) is 0. The van der Waals surface area contributed by atoms with Crippen LogP contribution in [0.3, 0.4) is 0 Å². The van der Waals surface area contributed by atoms with Crippen molar-refractivity contribution in [2.45, 2.75) is 47.0 Å². The third kappa shape index (κ3) is 13.9. The summed E-state index contributed by atoms with van der Waals surface area (Å²) in [6, 6.07) is 0. The van der Waals surface area contributed by atoms with E-state index in [1.165, 1.54) is 6.42 Å². The van der Waals surface area contributed by atoms with Crippen molar-refractivity contribution in [1.82, 2.24) is 0 Å². The summed E-state index contributed by atoms with van der Waals surface area (Å²) < 4.78 is 11.0. The number of ether oxygens (including phenoxy) is 2. The van der Waals surface area contributed by atoms with E-state index in [2.05, 4.69) is 27.7 Å². The SMILES string of the molecule is CC(C)CCOCCCCOCC(C)C. The van der Waals surface area contributed by atoms with Gasteiger partial charge in [0.15, 0.2) is 0 Å². The fourth-order valence-corrected chi connectivity index (χ4v) is 1.15. The Morgan fingerprint density at radius 3 is 1.87 bits per heavy atom. The zero-order chi connectivity index (χ0) is 11.5. The summed E-state index contributed by atoms with van der Waals surface area (Å²) in [5.41, 5.74) is 0. The van der Waals surface area contributed by atoms with Crippen LogP contribution in [-0.2, 0) is 9.47 Å². The Hall–Kier alpha value is -0.0800. The Kier molecular flexibility index (Phi) is 10.4. The first-order valence-corrected chi connectivity index (χ1v) is 6.28. The van der Waals surface area contributed by atoms with E-state index in [1.54, 1.807) is 0 Å². The molecule has 0 rings (SSSR count). The molecule has 0 fully saturated rings. The lowest BCUT2D eigenvalue weighted by atomic mass is 10.1. The van der Waals surface area contributed by atoms with E-state index in [0.717, 1.165) is 45.2 Å². The van der Waals surface area contributed by atoms with Crippen molar-refractivity contribution in [3.05, 3.63) is 0 Å². The van der Waals surface area contributed by atoms with Gasteiger partial charge in [0.05, 0.1) is 0 Å². The zero-order valence-corrected chi connectivity index (χ0v) is 10.9. The van der Waals surface area contributed by atoms with Crippen molar-refractivity contribution < 1.29 is 9.47 Å². The minimum Gasteiger partial charge on any atom is -0.381 e. The van der Waals surface area contributed by atoms with Crippen LogP contribution < -0.4 is 0 Å². The molecule has 0 radical (unpaired) electrons. The second kappa shape index (κ2) is 10.4. The number of rotatable bonds is 10. The quantitative estimate of drug-likeness (QED) is 0.520. The van der Waals surface area contributed by atoms with Crippen LogP contribution in [-0.4, -0.2) is 26.4 Å². The van der Waals surface area contributed by atoms with Crippen LogP contribution >= 0.6 is 0 Å². The smallest absolute Gasteiger partial charge is 0.0488 e. The molecule has 0 aromatic heterocycles. The summed E-state index contributed by atoms with van der Waals surface area (Å²) in [6.45, 7) is 12.4. The van der Waals surface area contributed by atoms with E-state index in [4.69, 9.17) is 9.47 Å². The third-order valence-corrected chi connectivity index (χ3v) is 2.12. The van der Waals surface area contributed by atoms with E-state index in [9.17, 15) is 0 Å². The van der Waals surface area contributed by atoms with Gasteiger partial charge in [-0.2, -0.15) is 0 Å². The van der Waals surface area contributed by atoms with Gasteiger partial charge in [-0.25, -0.2) is 0 Å². The molecule has 0 saturated heterocycles. The molecule has 92 valence electrons. The maximum absolute atomic E-state index is 5.52. The highest BCUT2D eigenvalue weighted by molar-refractivity contribution is 4.44. The molecule has 0 aliphatic heterocycles. The van der Waals surface area contributed by atoms with Gasteiger partial charge in [-0.05, 0) is 31.1 Å². The number of unbranched alkanes of at least 4 members (excludes halogenated alkanes) is 1. The highest BCUT2D eigenvalue weighted by atomic mass is 16.5. The second-order valence-electron chi connectivity index (χ2n) is 4.97. The molecule has 0 aromatic carbocycles. The van der Waals surface area contributed by atoms with Crippen molar-refractivity contribution in [3.63, 3.8) is 0 Å². The zero-order valence-electron chi connectivity index (χ0n) is 10.9. The lowest BCUT2D eigenvalue weighted by molar-refractivity contribution is 0.0871. The first-order chi connectivity index (χ1) is 7.13. The second-order valence-corrected chi connectivity index (χ2v) is 4.97. The van der Waals surface area contributed by atoms with Crippen LogP contribution in [0.2, 0.25) is 0 Å². The monoisotopic (exact) mass is 216 g/mol. The largest absolute Gasteiger partial charge is 0.381 e. The molecule has 0 N–H and O–H groups in total. The Balaban J connectivity index is 2.93. The molecule has 0 bridgehead atoms. The lowest BCUT2D eigenvalue weighted by Crippen LogP contribution is -2.05. The fourth-order valence-electron chi connectivity index (χ4n) is 1.15. The summed E-state index contributed by atoms with van der Waals surface area (Å²) in [6.07, 6.45) is 3.41. The summed E-state index contributed by atoms with van der Waals surface area (Å²) in [5.74, 6) is 1.40. The molecular formula is C13H28O2. The van der Waals surface area contributed by atoms with Gasteiger partial charge >= 0.3 is 0 Å². The number of hydrogen-bond donors (Lipinski definition) is 0. The first kappa shape index (κ1) is 14.9. The van der Waals surface area contributed by atoms with Crippen LogP contribution in [0.5, 0.6) is 0 Å². The van der Waals surface area contributed by atoms with Crippen LogP contribution in [0, 0.1) is 11.8 Å². The van der Waals surface area contributed by atoms with Gasteiger partial charge in [-0.3, -0.25) is 0 Å². The standard InChI is InChI=1S/C13H28O2/c1-12(2)7-10-14-8-5-6-9-15-11-13(3)4/h12-13H,5-11H2,1-4H3. The maximum atomic E-state index is 5.52. The summed E-state index contributed by atoms with van der Waals surface area (Å²) in [5, 5.41) is 0. The highest BCUT2D eigenvalue weighted by Crippen LogP contribution is 2.00. The van der Waals surface area contributed by atoms with Crippen LogP contribution in [0.25, 0.3) is 0 Å². The molecule has 0 amide bonds. The van der Waals surface area contributed by atoms with Gasteiger partial charge in [0.1, 0.15) is 0 Å². The third-order valence-electron chi connectivity index (χ3n) is 2.12. The van der Waals surface area contributed by atoms with Crippen LogP contribution in [0.4, 0.5) is 0 Å². The molecule has 15 heavy (non-hydrogen) atoms. The fraction of sp³-hybridized carbons (Fsp3) is 1.00. The number of hydrogen-bond acceptors (Lipinski definition) is 2. The Labute approximate surface area is 95.3 Å². The van der Waals surface area contributed by atoms with E-state index in [1.807, 2.05) is 0 Å². The highest BCUT2D eigenvalue weighted by Gasteiger charge is 1.95. The molecule has 0 saturated carbocycles. The Morgan fingerprint density at radius 2 is 1.33 bits per heavy atom. The van der Waals surface area contributed by atoms with Gasteiger partial charge in [0.25, 0.3) is 0 Å². The molecule has 2 heteroatoms. The van der Waals surface area contributed by atoms with Crippen molar-refractivity contribution in [2.75, 3.05) is 26.4 Å². The molecule has 0 aliphatic carbocycles. The van der Waals surface area contributed by atoms with Gasteiger partial charge in [0, 0.05) is 26.4 Å². The Bertz CT molecular complexity index is 108. The van der Waals surface area contributed by atoms with E-state index >= 15 is 0 Å². The van der Waals surface area contributed by atoms with Crippen molar-refractivity contribution in [2.24, 2.45) is 11.8 Å². The van der Waals surface area contributed by atoms with Gasteiger partial charge < -0.3 is 9.47 Å². The van der Waals surface area contributed by atoms with Crippen molar-refractivity contribution >= 4 is 0 Å². The summed E-state index contributed by atoms with van der Waals surface area (Å²) >= 11 is 0. The minimum absolute atomic E-state index is 0.646. The normalized spacial score (nSPS) is 11.6. The first-order valence-electron chi connectivity index (χ1n) is 6.28. The molecule has 0 spiro atoms. The van der Waals surface area contributed by atoms with Crippen LogP contribution in [0.1, 0.15) is 47.0 Å². The molecule has 2 nitrogen and oxygen atoms in total. The molecule has 0 aromatic rings. The van der Waals surface area contributed by atoms with Crippen molar-refractivity contribution in [3.8, 4) is 0 Å². The average molecular weight is 216 g/mol. The molecule has 0 atom stereocenters. The topological polar surface area (TPSA) is 18.5 Å². The molecule has 0 unspecified atom stereocenters. The lowest BCUT2D eigenvalue weighted by Gasteiger charge is -2.08. The van der Waals surface area contributed by atoms with Gasteiger partial charge in [-0.1, -0.05) is 27.7 Å². The van der Waals surface area contributed by atoms with E-state index in [0.29, 0.717) is 5.92 Å². The average Bonchev–Trinajstić information content (AvgIpc) is 2.14. The van der Waals surface area contributed by atoms with Crippen LogP contribution in [0.15, 0.2) is 0 Å². The van der Waals surface area contributed by atoms with Gasteiger partial charge in [-0.15, -0.1) is 0 Å². The van der Waals surface area contributed by atoms with E-state index < -0.39 is 0 Å². The maximum Gasteiger partial charge on any atom is 0.0488 e. The summed E-state index contributed by atoms with van der Waals surface area (Å²) in [4.78, 5) is 0. The molecular weight excluding hydrogens is 188 g/mol. The Morgan fingerprint density at radius 1 is 0.733 bits per heavy atom. The minimum atomic E-state index is 0.646.